The number of rotatable bonds is 10. The van der Waals surface area contributed by atoms with Crippen molar-refractivity contribution in [3.63, 3.8) is 0 Å². The number of nitroso groups, excluding NO2 is 1. The highest BCUT2D eigenvalue weighted by Gasteiger charge is 2.30. The van der Waals surface area contributed by atoms with Crippen molar-refractivity contribution in [3.05, 3.63) is 82.9 Å². The number of aromatic nitrogens is 4. The largest absolute Gasteiger partial charge is 0.383 e. The summed E-state index contributed by atoms with van der Waals surface area (Å²) in [4.78, 5) is 33.0. The van der Waals surface area contributed by atoms with E-state index in [1.807, 2.05) is 46.6 Å². The highest BCUT2D eigenvalue weighted by molar-refractivity contribution is 5.93. The van der Waals surface area contributed by atoms with Crippen LogP contribution in [0, 0.1) is 170 Å². The third-order valence-electron chi connectivity index (χ3n) is 9.30. The van der Waals surface area contributed by atoms with Crippen LogP contribution in [0.5, 0.6) is 0 Å². The Labute approximate surface area is 436 Å². The van der Waals surface area contributed by atoms with E-state index in [4.69, 9.17) is 21.3 Å². The van der Waals surface area contributed by atoms with Crippen molar-refractivity contribution in [1.29, 1.82) is 5.53 Å². The summed E-state index contributed by atoms with van der Waals surface area (Å²) in [6.07, 6.45) is 9.89. The van der Waals surface area contributed by atoms with Crippen LogP contribution in [0.2, 0.25) is 0 Å². The molecule has 1 amide bonds. The summed E-state index contributed by atoms with van der Waals surface area (Å²) in [5.41, 5.74) is 15.9. The number of piperidine rings is 1. The Kier molecular flexibility index (Phi) is 24.6. The van der Waals surface area contributed by atoms with Crippen LogP contribution < -0.4 is 16.0 Å². The van der Waals surface area contributed by atoms with E-state index in [1.54, 1.807) is 20.0 Å². The molecule has 2 fully saturated rings. The fraction of sp³-hybridized carbons (Fsp3) is 0.214. The molecular weight excluding hydrogens is 901 g/mol. The Balaban J connectivity index is -0.000000153. The van der Waals surface area contributed by atoms with Gasteiger partial charge in [0, 0.05) is 137 Å². The lowest BCUT2D eigenvalue weighted by atomic mass is 9.96. The number of benzene rings is 1. The van der Waals surface area contributed by atoms with Crippen molar-refractivity contribution in [2.45, 2.75) is 58.5 Å². The van der Waals surface area contributed by atoms with E-state index in [0.29, 0.717) is 29.9 Å². The van der Waals surface area contributed by atoms with Crippen molar-refractivity contribution in [2.24, 2.45) is 37.3 Å². The summed E-state index contributed by atoms with van der Waals surface area (Å²) in [5.74, 6) is 67.1. The van der Waals surface area contributed by atoms with Gasteiger partial charge in [0.05, 0.1) is 5.69 Å². The zero-order chi connectivity index (χ0) is 51.1. The van der Waals surface area contributed by atoms with Crippen LogP contribution in [-0.2, 0) is 13.1 Å². The normalized spacial score (nSPS) is 10.9. The number of hydrogen-bond acceptors (Lipinski definition) is 8. The fourth-order valence-corrected chi connectivity index (χ4v) is 6.03. The lowest BCUT2D eigenvalue weighted by molar-refractivity contribution is 0.0938. The number of pyridine rings is 2. The van der Waals surface area contributed by atoms with Gasteiger partial charge in [0.25, 0.3) is 5.91 Å². The molecule has 72 heavy (non-hydrogen) atoms. The number of hydrogen-bond donors (Lipinski definition) is 3. The summed E-state index contributed by atoms with van der Waals surface area (Å²) in [5, 5.41) is 24.9. The van der Waals surface area contributed by atoms with Crippen LogP contribution in [0.15, 0.2) is 92.5 Å². The third kappa shape index (κ3) is 21.4. The molecule has 0 atom stereocenters. The summed E-state index contributed by atoms with van der Waals surface area (Å²) in [7, 11) is 0. The first-order chi connectivity index (χ1) is 35.5. The molecule has 1 aliphatic carbocycles. The summed E-state index contributed by atoms with van der Waals surface area (Å²) >= 11 is 0. The molecular formula is C56H62N14O2. The smallest absolute Gasteiger partial charge is 0.269 e. The van der Waals surface area contributed by atoms with Crippen LogP contribution in [0.25, 0.3) is 10.8 Å². The molecule has 0 radical (unpaired) electrons. The minimum absolute atomic E-state index is 0. The van der Waals surface area contributed by atoms with E-state index in [2.05, 4.69) is 218 Å². The SMILES string of the molecule is CC#CC#CC#CC#CC#CC#CC#CC#CC#CC#CC#CC#CC#CC.N=N/N=N/N=N/N=O.Nc1nccc2cc(CNC(=O)c3cc(C4CC4)nn3CC3CCN(c4ccncc4)CC3)ccc12.[HH].[HH].[HH].[HH].[HH].[HH].[HH].[HH].[HH].[HH].[HH].[HH]. The number of nitrogens with two attached hydrogens (primary N) is 1. The molecule has 16 nitrogen and oxygen atoms in total. The second-order valence-corrected chi connectivity index (χ2v) is 14.0. The first-order valence-electron chi connectivity index (χ1n) is 21.4. The highest BCUT2D eigenvalue weighted by Crippen LogP contribution is 2.39. The Hall–Kier alpha value is -11.3. The van der Waals surface area contributed by atoms with E-state index in [-0.39, 0.29) is 23.0 Å². The van der Waals surface area contributed by atoms with E-state index < -0.39 is 0 Å². The summed E-state index contributed by atoms with van der Waals surface area (Å²) in [6, 6.07) is 14.1. The van der Waals surface area contributed by atoms with Crippen LogP contribution in [-0.4, -0.2) is 38.7 Å². The monoisotopic (exact) mass is 963 g/mol. The minimum atomic E-state index is -0.0713. The quantitative estimate of drug-likeness (QED) is 0.0604. The molecule has 16 heteroatoms. The number of fused-ring (bicyclic) bond motifs is 1. The highest BCUT2D eigenvalue weighted by atomic mass is 16.3. The van der Waals surface area contributed by atoms with Crippen LogP contribution >= 0.6 is 0 Å². The number of carbonyl (C=O) groups is 1. The van der Waals surface area contributed by atoms with Gasteiger partial charge in [-0.1, -0.05) is 24.0 Å². The maximum atomic E-state index is 13.3. The zero-order valence-corrected chi connectivity index (χ0v) is 38.9. The number of carbonyl (C=O) groups excluding carboxylic acids is 1. The Morgan fingerprint density at radius 2 is 1.19 bits per heavy atom. The van der Waals surface area contributed by atoms with Crippen LogP contribution in [0.1, 0.15) is 84.3 Å². The summed E-state index contributed by atoms with van der Waals surface area (Å²) in [6.45, 7) is 6.64. The lowest BCUT2D eigenvalue weighted by Gasteiger charge is -2.33. The van der Waals surface area contributed by atoms with Crippen LogP contribution in [0.3, 0.4) is 0 Å². The van der Waals surface area contributed by atoms with Gasteiger partial charge in [-0.05, 0) is 197 Å². The Morgan fingerprint density at radius 1 is 0.681 bits per heavy atom. The average Bonchev–Trinajstić information content (AvgIpc) is 4.18. The van der Waals surface area contributed by atoms with Crippen molar-refractivity contribution in [3.8, 4) is 154 Å². The first kappa shape index (κ1) is 53.4. The fourth-order valence-electron chi connectivity index (χ4n) is 6.03. The van der Waals surface area contributed by atoms with Gasteiger partial charge in [0.1, 0.15) is 16.8 Å². The van der Waals surface area contributed by atoms with E-state index >= 15 is 0 Å². The van der Waals surface area contributed by atoms with Gasteiger partial charge < -0.3 is 16.0 Å². The van der Waals surface area contributed by atoms with Gasteiger partial charge in [0.15, 0.2) is 0 Å². The zero-order valence-electron chi connectivity index (χ0n) is 38.9. The standard InChI is InChI=1S/C28H31N7O.C28H6.HN7O.12H2/c29-27-24-4-1-20(15-22(24)5-12-31-27)17-32-28(36)26-16-25(21-2-3-21)33-35(26)18-19-8-13-34(14-9-19)23-6-10-30-11-7-23;1-3-5-7-9-11-13-15-17-19-21-23-25-27-28-26-24-22-20-18-16-14-12-10-8-6-4-2;1-2-3-4-5-6-7-8;;;;;;;;;;;;/h1,4-7,10-12,15-16,19,21H,2-3,8-9,13-14,17-18H2,(H2,29,31)(H,32,36);1-2H3;1H;12*1H/b;;2-1?,4-3+,6-5+;;;;;;;;;;;;. The van der Waals surface area contributed by atoms with E-state index in [1.165, 1.54) is 5.69 Å². The Morgan fingerprint density at radius 3 is 1.68 bits per heavy atom. The average molecular weight is 963 g/mol. The number of nitrogen functional groups attached to an aromatic ring is 1. The molecule has 1 saturated heterocycles. The molecule has 368 valence electrons. The van der Waals surface area contributed by atoms with Crippen molar-refractivity contribution in [1.82, 2.24) is 25.1 Å². The molecule has 0 bridgehead atoms. The van der Waals surface area contributed by atoms with Crippen molar-refractivity contribution >= 4 is 28.2 Å². The molecule has 4 heterocycles. The topological polar surface area (TPSA) is 217 Å². The number of nitrogens with one attached hydrogen (secondary N) is 2. The second kappa shape index (κ2) is 33.2. The van der Waals surface area contributed by atoms with Gasteiger partial charge in [-0.15, -0.1) is 4.91 Å². The molecule has 6 rings (SSSR count). The molecule has 3 aromatic heterocycles. The molecule has 1 saturated carbocycles. The molecule has 1 aliphatic heterocycles. The Bertz CT molecular complexity index is 3480. The number of anilines is 2. The molecule has 2 aliphatic rings. The molecule has 0 spiro atoms. The molecule has 4 N–H and O–H groups in total. The number of nitrogens with zero attached hydrogens (tertiary/aromatic N) is 11. The third-order valence-corrected chi connectivity index (χ3v) is 9.30. The van der Waals surface area contributed by atoms with Gasteiger partial charge in [-0.3, -0.25) is 14.5 Å². The maximum absolute atomic E-state index is 13.3. The first-order valence-corrected chi connectivity index (χ1v) is 21.4. The predicted molar refractivity (Wildman–Crippen MR) is 299 cm³/mol. The molecule has 4 aromatic rings. The van der Waals surface area contributed by atoms with Crippen molar-refractivity contribution in [2.75, 3.05) is 23.7 Å². The predicted octanol–water partition coefficient (Wildman–Crippen LogP) is 9.59. The van der Waals surface area contributed by atoms with Gasteiger partial charge in [-0.25, -0.2) is 4.98 Å². The van der Waals surface area contributed by atoms with Gasteiger partial charge in [-0.2, -0.15) is 10.6 Å². The van der Waals surface area contributed by atoms with Gasteiger partial charge >= 0.3 is 0 Å². The van der Waals surface area contributed by atoms with E-state index in [0.717, 1.165) is 67.3 Å². The maximum Gasteiger partial charge on any atom is 0.269 e. The summed E-state index contributed by atoms with van der Waals surface area (Å²) < 4.78 is 1.96. The number of amides is 1. The van der Waals surface area contributed by atoms with Crippen molar-refractivity contribution < 1.29 is 21.9 Å². The van der Waals surface area contributed by atoms with Gasteiger partial charge in [0.2, 0.25) is 0 Å². The van der Waals surface area contributed by atoms with Crippen LogP contribution in [0.4, 0.5) is 11.5 Å². The second-order valence-electron chi connectivity index (χ2n) is 14.0. The lowest BCUT2D eigenvalue weighted by Crippen LogP contribution is -2.35. The molecule has 0 unspecified atom stereocenters. The van der Waals surface area contributed by atoms with E-state index in [9.17, 15) is 4.79 Å². The molecule has 1 aromatic carbocycles. The minimum Gasteiger partial charge on any atom is -0.383 e.